The molecule has 0 saturated carbocycles. The van der Waals surface area contributed by atoms with Gasteiger partial charge in [-0.15, -0.1) is 0 Å². The van der Waals surface area contributed by atoms with E-state index in [9.17, 15) is 32.4 Å². The van der Waals surface area contributed by atoms with Gasteiger partial charge in [-0.3, -0.25) is 10.5 Å². The summed E-state index contributed by atoms with van der Waals surface area (Å²) < 4.78 is 70.3. The van der Waals surface area contributed by atoms with E-state index in [0.717, 1.165) is 17.7 Å². The lowest BCUT2D eigenvalue weighted by atomic mass is 10.1. The lowest BCUT2D eigenvalue weighted by Crippen LogP contribution is -2.74. The fraction of sp³-hybridized carbons (Fsp3) is 0.286. The van der Waals surface area contributed by atoms with Gasteiger partial charge in [0.1, 0.15) is 11.4 Å². The molecule has 0 unspecified atom stereocenters. The van der Waals surface area contributed by atoms with E-state index in [1.807, 2.05) is 30.3 Å². The van der Waals surface area contributed by atoms with Crippen molar-refractivity contribution in [3.63, 3.8) is 0 Å². The fourth-order valence-corrected chi connectivity index (χ4v) is 3.85. The Morgan fingerprint density at radius 2 is 1.60 bits per heavy atom. The molecule has 0 heterocycles. The summed E-state index contributed by atoms with van der Waals surface area (Å²) in [6.07, 6.45) is 0.359. The van der Waals surface area contributed by atoms with Crippen LogP contribution in [-0.4, -0.2) is 55.2 Å². The molecule has 3 aromatic rings. The number of anilines is 3. The van der Waals surface area contributed by atoms with E-state index in [2.05, 4.69) is 16.4 Å². The number of nitrogens with two attached hydrogens (primary N) is 3. The maximum absolute atomic E-state index is 14.8. The summed E-state index contributed by atoms with van der Waals surface area (Å²) in [6.45, 7) is -2.41. The number of benzene rings is 3. The molecule has 3 aromatic carbocycles. The molecule has 0 saturated heterocycles. The Morgan fingerprint density at radius 1 is 0.930 bits per heavy atom. The van der Waals surface area contributed by atoms with E-state index in [1.54, 1.807) is 0 Å². The molecule has 0 spiro atoms. The highest BCUT2D eigenvalue weighted by molar-refractivity contribution is 5.95. The second-order valence-electron chi connectivity index (χ2n) is 9.51. The third kappa shape index (κ3) is 9.02. The predicted molar refractivity (Wildman–Crippen MR) is 149 cm³/mol. The van der Waals surface area contributed by atoms with E-state index in [-0.39, 0.29) is 52.8 Å². The highest BCUT2D eigenvalue weighted by atomic mass is 19.3. The molecular weight excluding hydrogens is 576 g/mol. The first-order valence-corrected chi connectivity index (χ1v) is 13.0. The molecule has 0 fully saturated rings. The number of alkyl halides is 4. The van der Waals surface area contributed by atoms with Crippen molar-refractivity contribution in [1.82, 2.24) is 0 Å². The molecule has 3 rings (SSSR count). The summed E-state index contributed by atoms with van der Waals surface area (Å²) in [5.74, 6) is -10.8. The number of carbonyl (C=O) groups is 2. The Balaban J connectivity index is 1.67. The summed E-state index contributed by atoms with van der Waals surface area (Å²) in [7, 11) is 0. The van der Waals surface area contributed by atoms with Crippen molar-refractivity contribution in [2.75, 3.05) is 42.7 Å². The van der Waals surface area contributed by atoms with E-state index < -0.39 is 36.7 Å². The average Bonchev–Trinajstić information content (AvgIpc) is 2.97. The molecule has 12 N–H and O–H groups in total. The van der Waals surface area contributed by atoms with Gasteiger partial charge < -0.3 is 31.6 Å². The molecule has 0 aliphatic heterocycles. The Hall–Kier alpha value is -4.44. The molecule has 0 aromatic heterocycles. The van der Waals surface area contributed by atoms with Gasteiger partial charge in [-0.05, 0) is 29.8 Å². The summed E-state index contributed by atoms with van der Waals surface area (Å²) in [5.41, 5.74) is 15.2. The topological polar surface area (TPSA) is 193 Å². The van der Waals surface area contributed by atoms with Crippen LogP contribution < -0.4 is 38.1 Å². The van der Waals surface area contributed by atoms with E-state index >= 15 is 0 Å². The first-order chi connectivity index (χ1) is 20.3. The molecule has 0 bridgehead atoms. The zero-order valence-electron chi connectivity index (χ0n) is 23.0. The number of hydrogen-bond donors (Lipinski definition) is 7. The normalized spacial score (nSPS) is 11.7. The number of quaternary nitrogens is 2. The first-order valence-electron chi connectivity index (χ1n) is 13.0. The Bertz CT molecular complexity index is 1410. The minimum atomic E-state index is -4.62. The highest BCUT2D eigenvalue weighted by Crippen LogP contribution is 2.38. The van der Waals surface area contributed by atoms with Crippen molar-refractivity contribution < 1.29 is 53.0 Å². The van der Waals surface area contributed by atoms with Crippen molar-refractivity contribution in [3.8, 4) is 5.75 Å². The van der Waals surface area contributed by atoms with Crippen molar-refractivity contribution >= 4 is 34.6 Å². The summed E-state index contributed by atoms with van der Waals surface area (Å²) in [5, 5.41) is 14.1. The summed E-state index contributed by atoms with van der Waals surface area (Å²) >= 11 is 0. The minimum absolute atomic E-state index is 0.00687. The zero-order valence-corrected chi connectivity index (χ0v) is 23.0. The number of nitrogen functional groups attached to an aromatic ring is 1. The minimum Gasteiger partial charge on any atom is -0.491 e. The highest BCUT2D eigenvalue weighted by Gasteiger charge is 2.56. The molecule has 2 amide bonds. The lowest BCUT2D eigenvalue weighted by Gasteiger charge is -2.28. The molecule has 43 heavy (non-hydrogen) atoms. The first kappa shape index (κ1) is 33.1. The Labute approximate surface area is 244 Å². The van der Waals surface area contributed by atoms with E-state index in [0.29, 0.717) is 18.5 Å². The molecule has 0 atom stereocenters. The molecule has 0 radical (unpaired) electrons. The quantitative estimate of drug-likeness (QED) is 0.0523. The van der Waals surface area contributed by atoms with Crippen molar-refractivity contribution in [2.45, 2.75) is 24.9 Å². The van der Waals surface area contributed by atoms with Crippen molar-refractivity contribution in [3.05, 3.63) is 77.4 Å². The van der Waals surface area contributed by atoms with Crippen LogP contribution in [0.1, 0.15) is 32.7 Å². The van der Waals surface area contributed by atoms with Crippen LogP contribution in [0.4, 0.5) is 40.3 Å². The third-order valence-electron chi connectivity index (χ3n) is 6.26. The third-order valence-corrected chi connectivity index (χ3v) is 6.26. The van der Waals surface area contributed by atoms with Gasteiger partial charge in [0.2, 0.25) is 5.91 Å². The number of amides is 2. The number of halogens is 4. The molecular formula is C28H34F4N6O5+2. The number of ether oxygens (including phenoxy) is 2. The maximum Gasteiger partial charge on any atom is 0.341 e. The van der Waals surface area contributed by atoms with Gasteiger partial charge >= 0.3 is 17.8 Å². The number of rotatable bonds is 17. The number of nitrogens with one attached hydrogen (secondary N) is 2. The number of carbonyl (C=O) groups excluding carboxylic acids is 2. The van der Waals surface area contributed by atoms with Crippen LogP contribution in [0.15, 0.2) is 60.7 Å². The second kappa shape index (κ2) is 14.6. The van der Waals surface area contributed by atoms with Gasteiger partial charge in [-0.1, -0.05) is 30.3 Å². The zero-order chi connectivity index (χ0) is 31.6. The van der Waals surface area contributed by atoms with Gasteiger partial charge in [-0.2, -0.15) is 23.0 Å². The summed E-state index contributed by atoms with van der Waals surface area (Å²) in [6, 6.07) is 15.3. The van der Waals surface area contributed by atoms with Crippen LogP contribution in [0.3, 0.4) is 0 Å². The van der Waals surface area contributed by atoms with E-state index in [4.69, 9.17) is 20.9 Å². The van der Waals surface area contributed by atoms with Crippen molar-refractivity contribution in [2.24, 2.45) is 5.73 Å². The van der Waals surface area contributed by atoms with Crippen LogP contribution in [0.25, 0.3) is 0 Å². The molecule has 15 heteroatoms. The molecule has 0 aliphatic rings. The number of primary amides is 1. The SMILES string of the molecule is NC(=O)c1cc([NH2+]O)c(NCC(F)(F)C(F)(F)CNc2ccc(C([NH3+])=O)cc2N)c(OCCCOCc2ccccc2)c1. The summed E-state index contributed by atoms with van der Waals surface area (Å²) in [4.78, 5) is 23.1. The lowest BCUT2D eigenvalue weighted by molar-refractivity contribution is -0.825. The fourth-order valence-electron chi connectivity index (χ4n) is 3.85. The molecule has 11 nitrogen and oxygen atoms in total. The smallest absolute Gasteiger partial charge is 0.341 e. The van der Waals surface area contributed by atoms with E-state index in [1.165, 1.54) is 18.2 Å². The molecule has 0 aliphatic carbocycles. The van der Waals surface area contributed by atoms with Crippen LogP contribution in [0.2, 0.25) is 0 Å². The average molecular weight is 611 g/mol. The van der Waals surface area contributed by atoms with Crippen LogP contribution in [0.5, 0.6) is 5.75 Å². The number of hydrogen-bond acceptors (Lipinski definition) is 8. The van der Waals surface area contributed by atoms with Crippen molar-refractivity contribution in [1.29, 1.82) is 0 Å². The van der Waals surface area contributed by atoms with Crippen LogP contribution in [0, 0.1) is 0 Å². The predicted octanol–water partition coefficient (Wildman–Crippen LogP) is 2.11. The van der Waals surface area contributed by atoms with Crippen LogP contribution in [-0.2, 0) is 11.3 Å². The van der Waals surface area contributed by atoms with Gasteiger partial charge in [-0.25, -0.2) is 10.0 Å². The monoisotopic (exact) mass is 610 g/mol. The van der Waals surface area contributed by atoms with Gasteiger partial charge in [0, 0.05) is 18.1 Å². The standard InChI is InChI=1S/C28H32F4N6O5/c29-27(30,15-36-21-8-7-18(25(34)39)11-20(21)33)28(31,32)16-37-24-22(38-41)12-19(26(35)40)13-23(24)43-10-4-9-42-14-17-5-2-1-3-6-17/h1-3,5-8,11-13,36-38,41H,4,9-10,14-16,33H2,(H2,34,39)(H2,35,40)/p+2. The maximum atomic E-state index is 14.8. The van der Waals surface area contributed by atoms with Gasteiger partial charge in [0.05, 0.1) is 49.8 Å². The van der Waals surface area contributed by atoms with Gasteiger partial charge in [0.25, 0.3) is 0 Å². The van der Waals surface area contributed by atoms with Crippen LogP contribution >= 0.6 is 0 Å². The molecule has 232 valence electrons. The largest absolute Gasteiger partial charge is 0.491 e. The Morgan fingerprint density at radius 3 is 2.21 bits per heavy atom. The van der Waals surface area contributed by atoms with Gasteiger partial charge in [0.15, 0.2) is 5.69 Å². The Kier molecular flexibility index (Phi) is 11.3. The second-order valence-corrected chi connectivity index (χ2v) is 9.51.